The summed E-state index contributed by atoms with van der Waals surface area (Å²) in [6.45, 7) is 2.10. The molecule has 2 nitrogen and oxygen atoms in total. The third-order valence-corrected chi connectivity index (χ3v) is 4.19. The van der Waals surface area contributed by atoms with Crippen LogP contribution in [0.1, 0.15) is 16.3 Å². The molecule has 0 fully saturated rings. The van der Waals surface area contributed by atoms with E-state index in [2.05, 4.69) is 68.1 Å². The molecule has 0 spiro atoms. The van der Waals surface area contributed by atoms with Gasteiger partial charge >= 0.3 is 0 Å². The zero-order chi connectivity index (χ0) is 11.8. The van der Waals surface area contributed by atoms with Crippen LogP contribution in [0.4, 0.5) is 0 Å². The van der Waals surface area contributed by atoms with Gasteiger partial charge in [0.25, 0.3) is 0 Å². The predicted molar refractivity (Wildman–Crippen MR) is 74.8 cm³/mol. The maximum Gasteiger partial charge on any atom is 0.132 e. The number of hydrogen-bond donors (Lipinski definition) is 0. The second-order valence-electron chi connectivity index (χ2n) is 4.04. The van der Waals surface area contributed by atoms with E-state index >= 15 is 0 Å². The zero-order valence-electron chi connectivity index (χ0n) is 9.35. The molecule has 0 saturated carbocycles. The minimum atomic E-state index is 0.883. The summed E-state index contributed by atoms with van der Waals surface area (Å²) >= 11 is 5.29. The van der Waals surface area contributed by atoms with Crippen LogP contribution in [-0.4, -0.2) is 9.38 Å². The lowest BCUT2D eigenvalue weighted by atomic mass is 10.3. The van der Waals surface area contributed by atoms with Crippen molar-refractivity contribution in [1.29, 1.82) is 0 Å². The van der Waals surface area contributed by atoms with Gasteiger partial charge in [-0.15, -0.1) is 11.3 Å². The Morgan fingerprint density at radius 1 is 1.35 bits per heavy atom. The minimum Gasteiger partial charge on any atom is -0.302 e. The fourth-order valence-corrected chi connectivity index (χ4v) is 3.14. The Morgan fingerprint density at radius 2 is 2.24 bits per heavy atom. The summed E-state index contributed by atoms with van der Waals surface area (Å²) in [5.74, 6) is 1.08. The average Bonchev–Trinajstić information content (AvgIpc) is 2.89. The van der Waals surface area contributed by atoms with Gasteiger partial charge < -0.3 is 4.40 Å². The molecule has 17 heavy (non-hydrogen) atoms. The summed E-state index contributed by atoms with van der Waals surface area (Å²) in [5.41, 5.74) is 2.37. The Kier molecular flexibility index (Phi) is 2.76. The largest absolute Gasteiger partial charge is 0.302 e. The van der Waals surface area contributed by atoms with Crippen LogP contribution in [0.3, 0.4) is 0 Å². The fraction of sp³-hybridized carbons (Fsp3) is 0.154. The number of nitrogens with zero attached hydrogens (tertiary/aromatic N) is 2. The van der Waals surface area contributed by atoms with E-state index in [-0.39, 0.29) is 0 Å². The highest BCUT2D eigenvalue weighted by atomic mass is 79.9. The van der Waals surface area contributed by atoms with E-state index in [9.17, 15) is 0 Å². The molecule has 4 heteroatoms. The molecule has 0 atom stereocenters. The molecule has 3 aromatic heterocycles. The van der Waals surface area contributed by atoms with Crippen LogP contribution in [0.5, 0.6) is 0 Å². The Hall–Kier alpha value is -1.13. The van der Waals surface area contributed by atoms with Gasteiger partial charge in [-0.1, -0.05) is 12.1 Å². The summed E-state index contributed by atoms with van der Waals surface area (Å²) in [7, 11) is 0. The van der Waals surface area contributed by atoms with Crippen molar-refractivity contribution in [1.82, 2.24) is 9.38 Å². The number of pyridine rings is 1. The lowest BCUT2D eigenvalue weighted by Crippen LogP contribution is -1.95. The van der Waals surface area contributed by atoms with Crippen molar-refractivity contribution in [3.63, 3.8) is 0 Å². The van der Waals surface area contributed by atoms with Gasteiger partial charge in [-0.25, -0.2) is 4.98 Å². The third kappa shape index (κ3) is 2.03. The summed E-state index contributed by atoms with van der Waals surface area (Å²) in [6, 6.07) is 8.44. The third-order valence-electron chi connectivity index (χ3n) is 2.73. The van der Waals surface area contributed by atoms with Crippen molar-refractivity contribution in [2.24, 2.45) is 0 Å². The number of aromatic nitrogens is 2. The Morgan fingerprint density at radius 3 is 3.00 bits per heavy atom. The van der Waals surface area contributed by atoms with E-state index in [0.717, 1.165) is 22.4 Å². The van der Waals surface area contributed by atoms with Crippen LogP contribution >= 0.6 is 27.3 Å². The van der Waals surface area contributed by atoms with E-state index in [0.29, 0.717) is 0 Å². The van der Waals surface area contributed by atoms with Crippen LogP contribution < -0.4 is 0 Å². The molecule has 3 rings (SSSR count). The second kappa shape index (κ2) is 4.27. The van der Waals surface area contributed by atoms with Crippen LogP contribution in [0.15, 0.2) is 40.4 Å². The molecule has 0 aliphatic heterocycles. The highest BCUT2D eigenvalue weighted by Gasteiger charge is 2.09. The maximum absolute atomic E-state index is 4.59. The van der Waals surface area contributed by atoms with E-state index in [1.165, 1.54) is 10.4 Å². The fourth-order valence-electron chi connectivity index (χ4n) is 1.91. The predicted octanol–water partition coefficient (Wildman–Crippen LogP) is 4.06. The Bertz CT molecular complexity index is 655. The molecule has 0 bridgehead atoms. The van der Waals surface area contributed by atoms with Crippen LogP contribution in [-0.2, 0) is 6.42 Å². The first kappa shape index (κ1) is 11.0. The zero-order valence-corrected chi connectivity index (χ0v) is 11.8. The normalized spacial score (nSPS) is 11.2. The summed E-state index contributed by atoms with van der Waals surface area (Å²) < 4.78 is 3.09. The quantitative estimate of drug-likeness (QED) is 0.698. The monoisotopic (exact) mass is 306 g/mol. The number of halogens is 1. The van der Waals surface area contributed by atoms with Crippen molar-refractivity contribution in [3.8, 4) is 0 Å². The van der Waals surface area contributed by atoms with Gasteiger partial charge in [-0.2, -0.15) is 0 Å². The SMILES string of the molecule is Cc1ccc2c(Br)nc(Cc3cccs3)n2c1. The van der Waals surface area contributed by atoms with Crippen LogP contribution in [0.2, 0.25) is 0 Å². The van der Waals surface area contributed by atoms with E-state index in [1.54, 1.807) is 11.3 Å². The second-order valence-corrected chi connectivity index (χ2v) is 5.82. The standard InChI is InChI=1S/C13H11BrN2S/c1-9-4-5-11-13(14)15-12(16(11)8-9)7-10-3-2-6-17-10/h2-6,8H,7H2,1H3. The van der Waals surface area contributed by atoms with Crippen molar-refractivity contribution >= 4 is 32.8 Å². The molecule has 3 heterocycles. The van der Waals surface area contributed by atoms with Gasteiger partial charge in [0.15, 0.2) is 0 Å². The van der Waals surface area contributed by atoms with Crippen molar-refractivity contribution in [2.75, 3.05) is 0 Å². The Labute approximate surface area is 112 Å². The smallest absolute Gasteiger partial charge is 0.132 e. The first-order valence-electron chi connectivity index (χ1n) is 5.39. The van der Waals surface area contributed by atoms with Gasteiger partial charge in [0.05, 0.1) is 5.52 Å². The molecule has 0 radical (unpaired) electrons. The lowest BCUT2D eigenvalue weighted by molar-refractivity contribution is 0.965. The summed E-state index contributed by atoms with van der Waals surface area (Å²) in [5, 5.41) is 2.10. The average molecular weight is 307 g/mol. The summed E-state index contributed by atoms with van der Waals surface area (Å²) in [6.07, 6.45) is 3.02. The molecular weight excluding hydrogens is 296 g/mol. The minimum absolute atomic E-state index is 0.883. The van der Waals surface area contributed by atoms with Crippen molar-refractivity contribution in [3.05, 3.63) is 56.7 Å². The number of aryl methyl sites for hydroxylation is 1. The van der Waals surface area contributed by atoms with Gasteiger partial charge in [0.2, 0.25) is 0 Å². The molecule has 0 N–H and O–H groups in total. The summed E-state index contributed by atoms with van der Waals surface area (Å²) in [4.78, 5) is 5.93. The van der Waals surface area contributed by atoms with Gasteiger partial charge in [-0.3, -0.25) is 0 Å². The number of thiophene rings is 1. The molecule has 3 aromatic rings. The first-order chi connectivity index (χ1) is 8.24. The van der Waals surface area contributed by atoms with Crippen LogP contribution in [0.25, 0.3) is 5.52 Å². The number of fused-ring (bicyclic) bond motifs is 1. The topological polar surface area (TPSA) is 17.3 Å². The van der Waals surface area contributed by atoms with E-state index < -0.39 is 0 Å². The molecule has 0 saturated heterocycles. The molecule has 86 valence electrons. The molecule has 0 unspecified atom stereocenters. The number of imidazole rings is 1. The first-order valence-corrected chi connectivity index (χ1v) is 7.07. The van der Waals surface area contributed by atoms with Gasteiger partial charge in [-0.05, 0) is 45.9 Å². The van der Waals surface area contributed by atoms with Crippen molar-refractivity contribution < 1.29 is 0 Å². The lowest BCUT2D eigenvalue weighted by Gasteiger charge is -2.00. The van der Waals surface area contributed by atoms with E-state index in [4.69, 9.17) is 0 Å². The molecule has 0 aliphatic rings. The molecule has 0 amide bonds. The van der Waals surface area contributed by atoms with Crippen molar-refractivity contribution in [2.45, 2.75) is 13.3 Å². The maximum atomic E-state index is 4.59. The van der Waals surface area contributed by atoms with Crippen LogP contribution in [0, 0.1) is 6.92 Å². The number of hydrogen-bond acceptors (Lipinski definition) is 2. The van der Waals surface area contributed by atoms with E-state index in [1.807, 2.05) is 0 Å². The molecule has 0 aliphatic carbocycles. The number of rotatable bonds is 2. The molecule has 0 aromatic carbocycles. The highest BCUT2D eigenvalue weighted by molar-refractivity contribution is 9.10. The van der Waals surface area contributed by atoms with Gasteiger partial charge in [0, 0.05) is 17.5 Å². The highest BCUT2D eigenvalue weighted by Crippen LogP contribution is 2.22. The van der Waals surface area contributed by atoms with Gasteiger partial charge in [0.1, 0.15) is 10.4 Å². The Balaban J connectivity index is 2.13. The molecular formula is C13H11BrN2S.